The molecule has 156 valence electrons. The van der Waals surface area contributed by atoms with Gasteiger partial charge in [-0.3, -0.25) is 23.3 Å². The van der Waals surface area contributed by atoms with E-state index in [0.717, 1.165) is 11.3 Å². The summed E-state index contributed by atoms with van der Waals surface area (Å²) < 4.78 is 4.29. The van der Waals surface area contributed by atoms with Crippen molar-refractivity contribution >= 4 is 40.2 Å². The maximum Gasteiger partial charge on any atom is 0.332 e. The van der Waals surface area contributed by atoms with Crippen molar-refractivity contribution in [3.8, 4) is 0 Å². The molecule has 0 spiro atoms. The molecule has 1 atom stereocenters. The van der Waals surface area contributed by atoms with Crippen LogP contribution in [0.3, 0.4) is 0 Å². The van der Waals surface area contributed by atoms with Crippen molar-refractivity contribution in [1.29, 1.82) is 0 Å². The molecular weight excluding hydrogens is 408 g/mol. The van der Waals surface area contributed by atoms with Gasteiger partial charge in [-0.25, -0.2) is 9.80 Å². The van der Waals surface area contributed by atoms with Gasteiger partial charge in [0.2, 0.25) is 5.95 Å². The predicted octanol–water partition coefficient (Wildman–Crippen LogP) is 1.94. The van der Waals surface area contributed by atoms with Crippen LogP contribution >= 0.6 is 11.6 Å². The van der Waals surface area contributed by atoms with Crippen LogP contribution in [-0.2, 0) is 18.4 Å². The van der Waals surface area contributed by atoms with Gasteiger partial charge in [0.1, 0.15) is 6.54 Å². The van der Waals surface area contributed by atoms with E-state index >= 15 is 0 Å². The van der Waals surface area contributed by atoms with Gasteiger partial charge in [-0.1, -0.05) is 23.7 Å². The Hall–Kier alpha value is -3.20. The molecule has 0 amide bonds. The molecule has 3 aromatic rings. The Morgan fingerprint density at radius 3 is 2.50 bits per heavy atom. The highest BCUT2D eigenvalue weighted by molar-refractivity contribution is 6.30. The number of anilines is 1. The lowest BCUT2D eigenvalue weighted by Gasteiger charge is -2.28. The van der Waals surface area contributed by atoms with Crippen molar-refractivity contribution in [3.63, 3.8) is 0 Å². The van der Waals surface area contributed by atoms with Gasteiger partial charge in [-0.2, -0.15) is 10.1 Å². The zero-order valence-electron chi connectivity index (χ0n) is 17.1. The van der Waals surface area contributed by atoms with E-state index < -0.39 is 11.2 Å². The number of nitrogens with zero attached hydrogens (tertiary/aromatic N) is 6. The lowest BCUT2D eigenvalue weighted by Crippen LogP contribution is -2.40. The Morgan fingerprint density at radius 1 is 1.20 bits per heavy atom. The molecule has 1 aromatic carbocycles. The van der Waals surface area contributed by atoms with Gasteiger partial charge < -0.3 is 0 Å². The number of carbonyl (C=O) groups is 1. The predicted molar refractivity (Wildman–Crippen MR) is 116 cm³/mol. The number of imidazole rings is 1. The number of aryl methyl sites for hydroxylation is 1. The summed E-state index contributed by atoms with van der Waals surface area (Å²) in [5.41, 5.74) is 1.17. The zero-order valence-corrected chi connectivity index (χ0v) is 17.8. The second kappa shape index (κ2) is 7.24. The fourth-order valence-electron chi connectivity index (χ4n) is 3.61. The second-order valence-electron chi connectivity index (χ2n) is 7.49. The fourth-order valence-corrected chi connectivity index (χ4v) is 3.74. The highest BCUT2D eigenvalue weighted by atomic mass is 35.5. The molecule has 10 heteroatoms. The number of hydrogen-bond acceptors (Lipinski definition) is 6. The van der Waals surface area contributed by atoms with E-state index in [4.69, 9.17) is 11.6 Å². The number of fused-ring (bicyclic) bond motifs is 3. The van der Waals surface area contributed by atoms with Gasteiger partial charge in [0.15, 0.2) is 16.9 Å². The first kappa shape index (κ1) is 20.1. The fraction of sp³-hybridized carbons (Fsp3) is 0.350. The molecule has 3 heterocycles. The molecule has 0 bridgehead atoms. The number of halogens is 1. The number of benzene rings is 1. The van der Waals surface area contributed by atoms with Crippen LogP contribution in [0, 0.1) is 0 Å². The SMILES string of the molecule is CC(=O)CN1N=C(C)C(C)n2c1nc1c2c(=O)n(Cc2ccc(Cl)cc2)c(=O)n1C. The Morgan fingerprint density at radius 2 is 1.87 bits per heavy atom. The van der Waals surface area contributed by atoms with E-state index in [9.17, 15) is 14.4 Å². The Balaban J connectivity index is 1.97. The minimum Gasteiger partial charge on any atom is -0.298 e. The van der Waals surface area contributed by atoms with E-state index in [1.807, 2.05) is 13.8 Å². The van der Waals surface area contributed by atoms with Gasteiger partial charge in [-0.05, 0) is 38.5 Å². The molecule has 0 saturated heterocycles. The third kappa shape index (κ3) is 3.15. The van der Waals surface area contributed by atoms with Crippen LogP contribution in [0.15, 0.2) is 39.0 Å². The highest BCUT2D eigenvalue weighted by Crippen LogP contribution is 2.29. The summed E-state index contributed by atoms with van der Waals surface area (Å²) in [5, 5.41) is 6.51. The van der Waals surface area contributed by atoms with E-state index in [1.165, 1.54) is 21.1 Å². The van der Waals surface area contributed by atoms with Crippen molar-refractivity contribution in [2.75, 3.05) is 11.6 Å². The molecular formula is C20H21ClN6O3. The van der Waals surface area contributed by atoms with Crippen molar-refractivity contribution in [2.24, 2.45) is 12.1 Å². The number of carbonyl (C=O) groups excluding carboxylic acids is 1. The number of Topliss-reactive ketones (excluding diaryl/α,β-unsaturated/α-hetero) is 1. The van der Waals surface area contributed by atoms with Gasteiger partial charge >= 0.3 is 5.69 Å². The Kier molecular flexibility index (Phi) is 4.85. The molecule has 0 fully saturated rings. The van der Waals surface area contributed by atoms with Crippen molar-refractivity contribution in [2.45, 2.75) is 33.4 Å². The van der Waals surface area contributed by atoms with Gasteiger partial charge in [0, 0.05) is 12.1 Å². The maximum atomic E-state index is 13.4. The largest absolute Gasteiger partial charge is 0.332 e. The van der Waals surface area contributed by atoms with Gasteiger partial charge in [-0.15, -0.1) is 0 Å². The van der Waals surface area contributed by atoms with Crippen LogP contribution < -0.4 is 16.3 Å². The van der Waals surface area contributed by atoms with E-state index in [0.29, 0.717) is 16.5 Å². The highest BCUT2D eigenvalue weighted by Gasteiger charge is 2.31. The first-order chi connectivity index (χ1) is 14.2. The summed E-state index contributed by atoms with van der Waals surface area (Å²) in [6, 6.07) is 6.74. The summed E-state index contributed by atoms with van der Waals surface area (Å²) in [6.07, 6.45) is 0. The quantitative estimate of drug-likeness (QED) is 0.633. The normalized spacial score (nSPS) is 16.0. The van der Waals surface area contributed by atoms with Crippen LogP contribution in [0.1, 0.15) is 32.4 Å². The summed E-state index contributed by atoms with van der Waals surface area (Å²) in [7, 11) is 1.58. The van der Waals surface area contributed by atoms with Crippen molar-refractivity contribution in [1.82, 2.24) is 18.7 Å². The monoisotopic (exact) mass is 428 g/mol. The lowest BCUT2D eigenvalue weighted by molar-refractivity contribution is -0.115. The first-order valence-electron chi connectivity index (χ1n) is 9.47. The molecule has 0 radical (unpaired) electrons. The molecule has 4 rings (SSSR count). The van der Waals surface area contributed by atoms with E-state index in [2.05, 4.69) is 10.1 Å². The van der Waals surface area contributed by atoms with E-state index in [1.54, 1.807) is 35.9 Å². The van der Waals surface area contributed by atoms with Crippen molar-refractivity contribution in [3.05, 3.63) is 55.7 Å². The summed E-state index contributed by atoms with van der Waals surface area (Å²) in [4.78, 5) is 42.6. The Labute approximate surface area is 176 Å². The molecule has 30 heavy (non-hydrogen) atoms. The van der Waals surface area contributed by atoms with Gasteiger partial charge in [0.25, 0.3) is 5.56 Å². The smallest absolute Gasteiger partial charge is 0.298 e. The van der Waals surface area contributed by atoms with Crippen LogP contribution in [0.25, 0.3) is 11.2 Å². The minimum absolute atomic E-state index is 0.0281. The molecule has 9 nitrogen and oxygen atoms in total. The van der Waals surface area contributed by atoms with Gasteiger partial charge in [0.05, 0.1) is 18.3 Å². The number of rotatable bonds is 4. The third-order valence-corrected chi connectivity index (χ3v) is 5.54. The van der Waals surface area contributed by atoms with Crippen molar-refractivity contribution < 1.29 is 4.79 Å². The summed E-state index contributed by atoms with van der Waals surface area (Å²) in [5.74, 6) is 0.281. The number of hydrogen-bond donors (Lipinski definition) is 0. The number of aromatic nitrogens is 4. The molecule has 1 aliphatic heterocycles. The molecule has 0 aliphatic carbocycles. The third-order valence-electron chi connectivity index (χ3n) is 5.28. The molecule has 0 N–H and O–H groups in total. The average molecular weight is 429 g/mol. The van der Waals surface area contributed by atoms with Crippen LogP contribution in [0.2, 0.25) is 5.02 Å². The van der Waals surface area contributed by atoms with Crippen LogP contribution in [-0.4, -0.2) is 36.7 Å². The lowest BCUT2D eigenvalue weighted by atomic mass is 10.2. The molecule has 1 aliphatic rings. The number of ketones is 1. The maximum absolute atomic E-state index is 13.4. The topological polar surface area (TPSA) is 94.5 Å². The summed E-state index contributed by atoms with van der Waals surface area (Å²) in [6.45, 7) is 5.34. The number of hydrazone groups is 1. The summed E-state index contributed by atoms with van der Waals surface area (Å²) >= 11 is 5.94. The minimum atomic E-state index is -0.471. The Bertz CT molecular complexity index is 1320. The molecule has 0 saturated carbocycles. The average Bonchev–Trinajstić information content (AvgIpc) is 3.10. The van der Waals surface area contributed by atoms with Crippen LogP contribution in [0.5, 0.6) is 0 Å². The second-order valence-corrected chi connectivity index (χ2v) is 7.93. The van der Waals surface area contributed by atoms with Crippen LogP contribution in [0.4, 0.5) is 5.95 Å². The zero-order chi connectivity index (χ0) is 21.7. The first-order valence-corrected chi connectivity index (χ1v) is 9.85. The molecule has 2 aromatic heterocycles. The molecule has 1 unspecified atom stereocenters. The van der Waals surface area contributed by atoms with E-state index in [-0.39, 0.29) is 30.6 Å². The standard InChI is InChI=1S/C20H21ClN6O3/c1-11(28)9-26-19-22-17-16(27(19)13(3)12(2)23-26)18(29)25(20(30)24(17)4)10-14-5-7-15(21)8-6-14/h5-8,13H,9-10H2,1-4H3.